The Bertz CT molecular complexity index is 173. The summed E-state index contributed by atoms with van der Waals surface area (Å²) in [5, 5.41) is 0. The van der Waals surface area contributed by atoms with Gasteiger partial charge >= 0.3 is 0 Å². The van der Waals surface area contributed by atoms with E-state index in [4.69, 9.17) is 5.73 Å². The summed E-state index contributed by atoms with van der Waals surface area (Å²) in [5.74, 6) is -0.157. The molecule has 1 heterocycles. The van der Waals surface area contributed by atoms with Crippen LogP contribution in [0.25, 0.3) is 0 Å². The van der Waals surface area contributed by atoms with Gasteiger partial charge < -0.3 is 10.6 Å². The molecule has 0 aromatic heterocycles. The first-order chi connectivity index (χ1) is 7.57. The van der Waals surface area contributed by atoms with Gasteiger partial charge in [0.25, 0.3) is 0 Å². The lowest BCUT2D eigenvalue weighted by molar-refractivity contribution is -0.113. The molecule has 0 radical (unpaired) electrons. The Morgan fingerprint density at radius 3 is 1.88 bits per heavy atom. The maximum Gasteiger partial charge on any atom is 0.174 e. The SMILES string of the molecule is C.C=C(N)C(C)=O.CC.CCCN1CCCC1. The number of carbonyl (C=O) groups excluding carboxylic acids is 1. The number of rotatable bonds is 3. The average Bonchev–Trinajstić information content (AvgIpc) is 2.75. The molecular formula is C14H32N2O. The standard InChI is InChI=1S/C7H15N.C4H7NO.C2H6.CH4/c1-2-5-8-6-3-4-7-8;1-3(5)4(2)6;1-2;/h2-7H2,1H3;1,5H2,2H3;1-2H3;1H4. The van der Waals surface area contributed by atoms with Crippen LogP contribution in [0, 0.1) is 0 Å². The minimum atomic E-state index is -0.157. The molecule has 0 aromatic rings. The normalized spacial score (nSPS) is 13.4. The summed E-state index contributed by atoms with van der Waals surface area (Å²) < 4.78 is 0. The van der Waals surface area contributed by atoms with Crippen LogP contribution in [0.4, 0.5) is 0 Å². The Kier molecular flexibility index (Phi) is 19.1. The highest BCUT2D eigenvalue weighted by Gasteiger charge is 2.08. The van der Waals surface area contributed by atoms with E-state index in [1.54, 1.807) is 0 Å². The molecule has 1 rings (SSSR count). The summed E-state index contributed by atoms with van der Waals surface area (Å²) in [4.78, 5) is 12.5. The molecule has 1 aliphatic heterocycles. The molecule has 0 unspecified atom stereocenters. The van der Waals surface area contributed by atoms with Gasteiger partial charge in [-0.3, -0.25) is 4.79 Å². The highest BCUT2D eigenvalue weighted by atomic mass is 16.1. The van der Waals surface area contributed by atoms with Crippen molar-refractivity contribution in [1.29, 1.82) is 0 Å². The van der Waals surface area contributed by atoms with Gasteiger partial charge in [-0.25, -0.2) is 0 Å². The second-order valence-corrected chi connectivity index (χ2v) is 3.63. The lowest BCUT2D eigenvalue weighted by Gasteiger charge is -2.11. The molecule has 1 fully saturated rings. The van der Waals surface area contributed by atoms with Crippen LogP contribution in [0.2, 0.25) is 0 Å². The van der Waals surface area contributed by atoms with Crippen molar-refractivity contribution in [3.8, 4) is 0 Å². The van der Waals surface area contributed by atoms with Crippen molar-refractivity contribution >= 4 is 5.78 Å². The van der Waals surface area contributed by atoms with Crippen LogP contribution in [0.1, 0.15) is 54.4 Å². The molecule has 3 nitrogen and oxygen atoms in total. The van der Waals surface area contributed by atoms with Gasteiger partial charge in [0.2, 0.25) is 0 Å². The van der Waals surface area contributed by atoms with Crippen molar-refractivity contribution in [2.24, 2.45) is 5.73 Å². The summed E-state index contributed by atoms with van der Waals surface area (Å²) in [6, 6.07) is 0. The van der Waals surface area contributed by atoms with E-state index in [2.05, 4.69) is 18.4 Å². The topological polar surface area (TPSA) is 46.3 Å². The highest BCUT2D eigenvalue weighted by molar-refractivity contribution is 5.91. The first kappa shape index (κ1) is 21.5. The Morgan fingerprint density at radius 2 is 1.65 bits per heavy atom. The number of nitrogens with two attached hydrogens (primary N) is 1. The van der Waals surface area contributed by atoms with E-state index >= 15 is 0 Å². The van der Waals surface area contributed by atoms with Crippen molar-refractivity contribution in [3.63, 3.8) is 0 Å². The Hall–Kier alpha value is -0.830. The zero-order valence-corrected chi connectivity index (χ0v) is 11.4. The second-order valence-electron chi connectivity index (χ2n) is 3.63. The molecule has 0 amide bonds. The van der Waals surface area contributed by atoms with E-state index in [9.17, 15) is 4.79 Å². The Balaban J connectivity index is -0.000000197. The van der Waals surface area contributed by atoms with E-state index in [1.807, 2.05) is 13.8 Å². The van der Waals surface area contributed by atoms with Crippen LogP contribution in [0.3, 0.4) is 0 Å². The molecule has 104 valence electrons. The van der Waals surface area contributed by atoms with Crippen molar-refractivity contribution < 1.29 is 4.79 Å². The second kappa shape index (κ2) is 15.2. The van der Waals surface area contributed by atoms with Crippen LogP contribution in [0.5, 0.6) is 0 Å². The van der Waals surface area contributed by atoms with Crippen LogP contribution in [-0.2, 0) is 4.79 Å². The number of carbonyl (C=O) groups is 1. The van der Waals surface area contributed by atoms with E-state index in [0.29, 0.717) is 0 Å². The quantitative estimate of drug-likeness (QED) is 0.775. The Morgan fingerprint density at radius 1 is 1.29 bits per heavy atom. The lowest BCUT2D eigenvalue weighted by Crippen LogP contribution is -2.19. The van der Waals surface area contributed by atoms with Gasteiger partial charge in [0.15, 0.2) is 5.78 Å². The molecule has 1 aliphatic rings. The number of nitrogens with zero attached hydrogens (tertiary/aromatic N) is 1. The van der Waals surface area contributed by atoms with E-state index in [0.717, 1.165) is 0 Å². The Labute approximate surface area is 108 Å². The maximum absolute atomic E-state index is 9.92. The van der Waals surface area contributed by atoms with Crippen LogP contribution in [0.15, 0.2) is 12.3 Å². The van der Waals surface area contributed by atoms with Crippen molar-refractivity contribution in [1.82, 2.24) is 4.90 Å². The third kappa shape index (κ3) is 15.2. The van der Waals surface area contributed by atoms with Gasteiger partial charge in [0.05, 0.1) is 5.70 Å². The van der Waals surface area contributed by atoms with E-state index < -0.39 is 0 Å². The summed E-state index contributed by atoms with van der Waals surface area (Å²) in [5.41, 5.74) is 5.01. The zero-order chi connectivity index (χ0) is 13.0. The predicted molar refractivity (Wildman–Crippen MR) is 78.1 cm³/mol. The molecule has 0 bridgehead atoms. The molecular weight excluding hydrogens is 212 g/mol. The summed E-state index contributed by atoms with van der Waals surface area (Å²) in [7, 11) is 0. The fourth-order valence-electron chi connectivity index (χ4n) is 1.32. The van der Waals surface area contributed by atoms with Gasteiger partial charge in [0, 0.05) is 6.92 Å². The minimum Gasteiger partial charge on any atom is -0.396 e. The number of likely N-dealkylation sites (tertiary alicyclic amines) is 1. The van der Waals surface area contributed by atoms with Crippen LogP contribution in [-0.4, -0.2) is 30.3 Å². The van der Waals surface area contributed by atoms with Crippen LogP contribution >= 0.6 is 0 Å². The van der Waals surface area contributed by atoms with Crippen molar-refractivity contribution in [3.05, 3.63) is 12.3 Å². The minimum absolute atomic E-state index is 0. The molecule has 0 aliphatic carbocycles. The lowest BCUT2D eigenvalue weighted by atomic mass is 10.4. The number of hydrogen-bond acceptors (Lipinski definition) is 3. The summed E-state index contributed by atoms with van der Waals surface area (Å²) >= 11 is 0. The monoisotopic (exact) mass is 244 g/mol. The number of allylic oxidation sites excluding steroid dienone is 1. The summed E-state index contributed by atoms with van der Waals surface area (Å²) in [6.07, 6.45) is 4.18. The fraction of sp³-hybridized carbons (Fsp3) is 0.786. The van der Waals surface area contributed by atoms with Gasteiger partial charge in [-0.05, 0) is 38.9 Å². The molecule has 0 atom stereocenters. The third-order valence-electron chi connectivity index (χ3n) is 2.19. The fourth-order valence-corrected chi connectivity index (χ4v) is 1.32. The maximum atomic E-state index is 9.92. The molecule has 0 aromatic carbocycles. The van der Waals surface area contributed by atoms with E-state index in [-0.39, 0.29) is 18.9 Å². The largest absolute Gasteiger partial charge is 0.396 e. The zero-order valence-electron chi connectivity index (χ0n) is 11.4. The van der Waals surface area contributed by atoms with Gasteiger partial charge in [-0.2, -0.15) is 0 Å². The molecule has 0 spiro atoms. The van der Waals surface area contributed by atoms with Crippen molar-refractivity contribution in [2.45, 2.75) is 54.4 Å². The molecule has 17 heavy (non-hydrogen) atoms. The molecule has 1 saturated heterocycles. The molecule has 0 saturated carbocycles. The summed E-state index contributed by atoms with van der Waals surface area (Å²) in [6.45, 7) is 14.8. The first-order valence-corrected chi connectivity index (χ1v) is 6.25. The van der Waals surface area contributed by atoms with Crippen LogP contribution < -0.4 is 5.73 Å². The number of hydrogen-bond donors (Lipinski definition) is 1. The molecule has 2 N–H and O–H groups in total. The first-order valence-electron chi connectivity index (χ1n) is 6.25. The average molecular weight is 244 g/mol. The molecule has 3 heteroatoms. The number of Topliss-reactive ketones (excluding diaryl/α,β-unsaturated/α-hetero) is 1. The smallest absolute Gasteiger partial charge is 0.174 e. The van der Waals surface area contributed by atoms with Gasteiger partial charge in [0.1, 0.15) is 0 Å². The number of ketones is 1. The van der Waals surface area contributed by atoms with Gasteiger partial charge in [-0.15, -0.1) is 0 Å². The van der Waals surface area contributed by atoms with E-state index in [1.165, 1.54) is 45.8 Å². The highest BCUT2D eigenvalue weighted by Crippen LogP contribution is 2.06. The van der Waals surface area contributed by atoms with Gasteiger partial charge in [-0.1, -0.05) is 34.8 Å². The third-order valence-corrected chi connectivity index (χ3v) is 2.19. The van der Waals surface area contributed by atoms with Crippen molar-refractivity contribution in [2.75, 3.05) is 19.6 Å². The predicted octanol–water partition coefficient (Wildman–Crippen LogP) is 3.20.